The summed E-state index contributed by atoms with van der Waals surface area (Å²) in [6.45, 7) is 0. The Morgan fingerprint density at radius 1 is 0.846 bits per heavy atom. The molecular weight excluding hydrogens is 350 g/mol. The van der Waals surface area contributed by atoms with Gasteiger partial charge in [0, 0.05) is 33.0 Å². The predicted molar refractivity (Wildman–Crippen MR) is 102 cm³/mol. The zero-order chi connectivity index (χ0) is 18.7. The molecule has 0 aliphatic rings. The van der Waals surface area contributed by atoms with E-state index in [1.54, 1.807) is 67.8 Å². The number of hydrogen-bond donors (Lipinski definition) is 1. The number of carbonyl (C=O) groups excluding carboxylic acids is 2. The number of ether oxygens (including phenoxy) is 1. The number of carbonyl (C=O) groups is 2. The van der Waals surface area contributed by atoms with E-state index in [-0.39, 0.29) is 17.1 Å². The summed E-state index contributed by atoms with van der Waals surface area (Å²) in [5, 5.41) is 0.458. The normalized spacial score (nSPS) is 10.4. The highest BCUT2D eigenvalue weighted by molar-refractivity contribution is 6.31. The summed E-state index contributed by atoms with van der Waals surface area (Å²) in [6, 6.07) is 18.1. The quantitative estimate of drug-likeness (QED) is 0.537. The van der Waals surface area contributed by atoms with Gasteiger partial charge in [-0.2, -0.15) is 0 Å². The second-order valence-corrected chi connectivity index (χ2v) is 6.14. The molecule has 0 atom stereocenters. The molecule has 0 unspecified atom stereocenters. The first kappa shape index (κ1) is 17.7. The van der Waals surface area contributed by atoms with Gasteiger partial charge >= 0.3 is 0 Å². The van der Waals surface area contributed by atoms with E-state index < -0.39 is 0 Å². The molecular formula is C21H16ClNO3. The maximum Gasteiger partial charge on any atom is 0.195 e. The van der Waals surface area contributed by atoms with Gasteiger partial charge in [0.25, 0.3) is 0 Å². The zero-order valence-electron chi connectivity index (χ0n) is 14.0. The summed E-state index contributed by atoms with van der Waals surface area (Å²) in [7, 11) is 1.56. The van der Waals surface area contributed by atoms with E-state index in [9.17, 15) is 9.59 Å². The number of nitrogens with two attached hydrogens (primary N) is 1. The van der Waals surface area contributed by atoms with Crippen molar-refractivity contribution in [2.75, 3.05) is 12.8 Å². The first-order valence-corrected chi connectivity index (χ1v) is 8.26. The molecule has 0 heterocycles. The second-order valence-electron chi connectivity index (χ2n) is 5.70. The molecule has 130 valence electrons. The van der Waals surface area contributed by atoms with Crippen LogP contribution in [0.1, 0.15) is 31.8 Å². The number of nitrogen functional groups attached to an aromatic ring is 1. The Hall–Kier alpha value is -3.11. The van der Waals surface area contributed by atoms with Gasteiger partial charge in [0.2, 0.25) is 0 Å². The van der Waals surface area contributed by atoms with E-state index >= 15 is 0 Å². The van der Waals surface area contributed by atoms with Crippen molar-refractivity contribution in [2.45, 2.75) is 0 Å². The van der Waals surface area contributed by atoms with Crippen molar-refractivity contribution in [1.29, 1.82) is 0 Å². The monoisotopic (exact) mass is 365 g/mol. The van der Waals surface area contributed by atoms with Crippen molar-refractivity contribution in [2.24, 2.45) is 0 Å². The number of benzene rings is 3. The summed E-state index contributed by atoms with van der Waals surface area (Å²) in [6.07, 6.45) is 0. The molecule has 0 saturated carbocycles. The van der Waals surface area contributed by atoms with Crippen LogP contribution >= 0.6 is 11.6 Å². The molecule has 0 bridgehead atoms. The molecule has 3 aromatic carbocycles. The molecule has 0 aromatic heterocycles. The van der Waals surface area contributed by atoms with Gasteiger partial charge in [-0.25, -0.2) is 0 Å². The van der Waals surface area contributed by atoms with Crippen LogP contribution in [-0.2, 0) is 0 Å². The molecule has 0 amide bonds. The average molecular weight is 366 g/mol. The van der Waals surface area contributed by atoms with Crippen molar-refractivity contribution >= 4 is 28.9 Å². The lowest BCUT2D eigenvalue weighted by molar-refractivity contribution is 0.103. The van der Waals surface area contributed by atoms with Gasteiger partial charge in [0.15, 0.2) is 11.6 Å². The fraction of sp³-hybridized carbons (Fsp3) is 0.0476. The zero-order valence-corrected chi connectivity index (χ0v) is 14.8. The van der Waals surface area contributed by atoms with Gasteiger partial charge in [-0.3, -0.25) is 9.59 Å². The highest BCUT2D eigenvalue weighted by Gasteiger charge is 2.17. The summed E-state index contributed by atoms with van der Waals surface area (Å²) in [5.74, 6) is 0.179. The van der Waals surface area contributed by atoms with Gasteiger partial charge in [-0.15, -0.1) is 0 Å². The molecule has 0 fully saturated rings. The third kappa shape index (κ3) is 3.60. The molecule has 2 N–H and O–H groups in total. The number of rotatable bonds is 5. The van der Waals surface area contributed by atoms with E-state index in [1.807, 2.05) is 0 Å². The van der Waals surface area contributed by atoms with Gasteiger partial charge < -0.3 is 10.5 Å². The number of methoxy groups -OCH3 is 1. The number of hydrogen-bond acceptors (Lipinski definition) is 4. The highest BCUT2D eigenvalue weighted by Crippen LogP contribution is 2.22. The first-order valence-electron chi connectivity index (χ1n) is 7.88. The van der Waals surface area contributed by atoms with Crippen LogP contribution in [0.3, 0.4) is 0 Å². The van der Waals surface area contributed by atoms with Crippen LogP contribution in [0.4, 0.5) is 5.69 Å². The maximum atomic E-state index is 12.7. The molecule has 4 nitrogen and oxygen atoms in total. The van der Waals surface area contributed by atoms with E-state index in [0.717, 1.165) is 0 Å². The third-order valence-electron chi connectivity index (χ3n) is 4.00. The Balaban J connectivity index is 1.96. The Kier molecular flexibility index (Phi) is 5.05. The summed E-state index contributed by atoms with van der Waals surface area (Å²) in [5.41, 5.74) is 7.83. The van der Waals surface area contributed by atoms with Gasteiger partial charge in [0.05, 0.1) is 7.11 Å². The second kappa shape index (κ2) is 7.42. The maximum absolute atomic E-state index is 12.7. The standard InChI is InChI=1S/C21H16ClNO3/c1-26-17-8-5-13(6-9-17)20(24)15-7-10-19(23)18(12-15)21(25)14-3-2-4-16(22)11-14/h2-12H,23H2,1H3. The SMILES string of the molecule is COc1ccc(C(=O)c2ccc(N)c(C(=O)c3cccc(Cl)c3)c2)cc1. The average Bonchev–Trinajstić information content (AvgIpc) is 2.67. The first-order chi connectivity index (χ1) is 12.5. The Morgan fingerprint density at radius 3 is 2.15 bits per heavy atom. The third-order valence-corrected chi connectivity index (χ3v) is 4.23. The van der Waals surface area contributed by atoms with Crippen LogP contribution in [0.2, 0.25) is 5.02 Å². The van der Waals surface area contributed by atoms with Crippen LogP contribution in [0.25, 0.3) is 0 Å². The van der Waals surface area contributed by atoms with Crippen LogP contribution in [0.15, 0.2) is 66.7 Å². The van der Waals surface area contributed by atoms with Crippen LogP contribution in [-0.4, -0.2) is 18.7 Å². The molecule has 5 heteroatoms. The number of halogens is 1. The van der Waals surface area contributed by atoms with Crippen molar-refractivity contribution in [3.8, 4) is 5.75 Å². The molecule has 26 heavy (non-hydrogen) atoms. The predicted octanol–water partition coefficient (Wildman–Crippen LogP) is 4.39. The molecule has 0 aliphatic carbocycles. The summed E-state index contributed by atoms with van der Waals surface area (Å²) >= 11 is 5.95. The van der Waals surface area contributed by atoms with Crippen molar-refractivity contribution in [3.63, 3.8) is 0 Å². The van der Waals surface area contributed by atoms with E-state index in [0.29, 0.717) is 33.1 Å². The van der Waals surface area contributed by atoms with Gasteiger partial charge in [0.1, 0.15) is 5.75 Å². The van der Waals surface area contributed by atoms with E-state index in [4.69, 9.17) is 22.1 Å². The molecule has 0 spiro atoms. The van der Waals surface area contributed by atoms with Crippen LogP contribution < -0.4 is 10.5 Å². The minimum absolute atomic E-state index is 0.201. The van der Waals surface area contributed by atoms with Gasteiger partial charge in [-0.1, -0.05) is 23.7 Å². The lowest BCUT2D eigenvalue weighted by atomic mass is 9.96. The van der Waals surface area contributed by atoms with Crippen LogP contribution in [0, 0.1) is 0 Å². The Morgan fingerprint density at radius 2 is 1.50 bits per heavy atom. The van der Waals surface area contributed by atoms with Gasteiger partial charge in [-0.05, 0) is 54.6 Å². The highest BCUT2D eigenvalue weighted by atomic mass is 35.5. The van der Waals surface area contributed by atoms with Crippen molar-refractivity contribution in [1.82, 2.24) is 0 Å². The lowest BCUT2D eigenvalue weighted by Gasteiger charge is -2.09. The summed E-state index contributed by atoms with van der Waals surface area (Å²) in [4.78, 5) is 25.5. The minimum Gasteiger partial charge on any atom is -0.497 e. The molecule has 0 radical (unpaired) electrons. The topological polar surface area (TPSA) is 69.4 Å². The molecule has 3 aromatic rings. The van der Waals surface area contributed by atoms with E-state index in [2.05, 4.69) is 0 Å². The molecule has 0 saturated heterocycles. The van der Waals surface area contributed by atoms with Crippen molar-refractivity contribution in [3.05, 3.63) is 94.0 Å². The fourth-order valence-electron chi connectivity index (χ4n) is 2.59. The summed E-state index contributed by atoms with van der Waals surface area (Å²) < 4.78 is 5.10. The fourth-order valence-corrected chi connectivity index (χ4v) is 2.78. The van der Waals surface area contributed by atoms with E-state index in [1.165, 1.54) is 6.07 Å². The largest absolute Gasteiger partial charge is 0.497 e. The number of ketones is 2. The smallest absolute Gasteiger partial charge is 0.195 e. The Bertz CT molecular complexity index is 981. The lowest BCUT2D eigenvalue weighted by Crippen LogP contribution is -2.09. The minimum atomic E-state index is -0.283. The van der Waals surface area contributed by atoms with Crippen LogP contribution in [0.5, 0.6) is 5.75 Å². The molecule has 3 rings (SSSR count). The molecule has 0 aliphatic heterocycles. The Labute approximate surface area is 156 Å². The number of anilines is 1. The van der Waals surface area contributed by atoms with Crippen molar-refractivity contribution < 1.29 is 14.3 Å².